The Bertz CT molecular complexity index is 376. The normalized spacial score (nSPS) is 21.5. The highest BCUT2D eigenvalue weighted by molar-refractivity contribution is 6.86. The van der Waals surface area contributed by atoms with Crippen LogP contribution in [0, 0.1) is 0 Å². The van der Waals surface area contributed by atoms with Crippen LogP contribution in [0.1, 0.15) is 0 Å². The summed E-state index contributed by atoms with van der Waals surface area (Å²) in [6, 6.07) is 0. The maximum atomic E-state index is 11.2. The number of aliphatic imine (C=N–C) groups is 2. The lowest BCUT2D eigenvalue weighted by Crippen LogP contribution is -2.36. The summed E-state index contributed by atoms with van der Waals surface area (Å²) in [6.07, 6.45) is 1.09. The van der Waals surface area contributed by atoms with E-state index in [1.807, 2.05) is 0 Å². The van der Waals surface area contributed by atoms with Crippen molar-refractivity contribution in [3.63, 3.8) is 0 Å². The first-order valence-corrected chi connectivity index (χ1v) is 3.35. The molecule has 60 valence electrons. The van der Waals surface area contributed by atoms with E-state index < -0.39 is 5.78 Å². The smallest absolute Gasteiger partial charge is 0.229 e. The maximum Gasteiger partial charge on any atom is 0.229 e. The van der Waals surface area contributed by atoms with Crippen LogP contribution in [0.3, 0.4) is 0 Å². The minimum Gasteiger partial charge on any atom is -0.395 e. The Balaban J connectivity index is 2.59. The molecule has 5 heteroatoms. The number of hydrogen-bond acceptors (Lipinski definition) is 5. The summed E-state index contributed by atoms with van der Waals surface area (Å²) in [5, 5.41) is 0. The van der Waals surface area contributed by atoms with Gasteiger partial charge in [0.1, 0.15) is 18.1 Å². The van der Waals surface area contributed by atoms with Crippen molar-refractivity contribution in [2.45, 2.75) is 0 Å². The fraction of sp³-hybridized carbons (Fsp3) is 0.143. The number of Topliss-reactive ketones (excluding diaryl/α,β-unsaturated/α-hetero) is 1. The van der Waals surface area contributed by atoms with Gasteiger partial charge in [-0.15, -0.1) is 0 Å². The molecule has 0 fully saturated rings. The largest absolute Gasteiger partial charge is 0.395 e. The van der Waals surface area contributed by atoms with Crippen molar-refractivity contribution >= 4 is 23.0 Å². The summed E-state index contributed by atoms with van der Waals surface area (Å²) in [6.45, 7) is 0.156. The van der Waals surface area contributed by atoms with Crippen LogP contribution in [0.5, 0.6) is 0 Å². The van der Waals surface area contributed by atoms with Gasteiger partial charge in [-0.05, 0) is 0 Å². The van der Waals surface area contributed by atoms with E-state index in [-0.39, 0.29) is 29.6 Å². The van der Waals surface area contributed by atoms with Crippen molar-refractivity contribution in [3.05, 3.63) is 11.8 Å². The van der Waals surface area contributed by atoms with Gasteiger partial charge in [-0.2, -0.15) is 0 Å². The summed E-state index contributed by atoms with van der Waals surface area (Å²) in [4.78, 5) is 29.8. The van der Waals surface area contributed by atoms with Gasteiger partial charge in [0.15, 0.2) is 0 Å². The van der Waals surface area contributed by atoms with Gasteiger partial charge in [-0.3, -0.25) is 19.6 Å². The molecule has 0 aromatic rings. The standard InChI is InChI=1S/C7H5N3O2/c8-3-1-4(11)5-6(7(3)12)10-2-9-5/h1H,2,8H2. The first kappa shape index (κ1) is 6.90. The summed E-state index contributed by atoms with van der Waals surface area (Å²) in [5.74, 6) is -0.728. The number of rotatable bonds is 0. The number of nitrogens with two attached hydrogens (primary N) is 1. The van der Waals surface area contributed by atoms with Crippen molar-refractivity contribution in [3.8, 4) is 0 Å². The molecule has 5 nitrogen and oxygen atoms in total. The van der Waals surface area contributed by atoms with Gasteiger partial charge >= 0.3 is 0 Å². The third kappa shape index (κ3) is 0.730. The monoisotopic (exact) mass is 163 g/mol. The lowest BCUT2D eigenvalue weighted by atomic mass is 9.98. The number of carbonyl (C=O) groups excluding carboxylic acids is 2. The minimum absolute atomic E-state index is 0.0559. The highest BCUT2D eigenvalue weighted by atomic mass is 16.1. The third-order valence-electron chi connectivity index (χ3n) is 1.68. The molecule has 12 heavy (non-hydrogen) atoms. The Morgan fingerprint density at radius 3 is 2.67 bits per heavy atom. The second-order valence-electron chi connectivity index (χ2n) is 2.45. The molecule has 2 N–H and O–H groups in total. The van der Waals surface area contributed by atoms with Gasteiger partial charge in [0, 0.05) is 6.08 Å². The number of fused-ring (bicyclic) bond motifs is 1. The lowest BCUT2D eigenvalue weighted by Gasteiger charge is -2.07. The van der Waals surface area contributed by atoms with Crippen LogP contribution in [-0.2, 0) is 9.59 Å². The molecular weight excluding hydrogens is 158 g/mol. The molecule has 0 bridgehead atoms. The number of carbonyl (C=O) groups is 2. The van der Waals surface area contributed by atoms with Crippen molar-refractivity contribution in [2.75, 3.05) is 6.67 Å². The van der Waals surface area contributed by atoms with Gasteiger partial charge in [0.2, 0.25) is 11.6 Å². The van der Waals surface area contributed by atoms with E-state index in [4.69, 9.17) is 5.73 Å². The van der Waals surface area contributed by atoms with Crippen molar-refractivity contribution in [2.24, 2.45) is 15.7 Å². The molecule has 1 aliphatic heterocycles. The summed E-state index contributed by atoms with van der Waals surface area (Å²) in [7, 11) is 0. The van der Waals surface area contributed by atoms with Crippen molar-refractivity contribution in [1.82, 2.24) is 0 Å². The Hall–Kier alpha value is -1.78. The fourth-order valence-corrected chi connectivity index (χ4v) is 1.11. The zero-order valence-electron chi connectivity index (χ0n) is 6.07. The first-order chi connectivity index (χ1) is 5.70. The first-order valence-electron chi connectivity index (χ1n) is 3.35. The molecule has 0 unspecified atom stereocenters. The van der Waals surface area contributed by atoms with E-state index in [0.29, 0.717) is 0 Å². The molecule has 1 heterocycles. The molecule has 0 amide bonds. The average molecular weight is 163 g/mol. The van der Waals surface area contributed by atoms with Gasteiger partial charge in [-0.1, -0.05) is 0 Å². The number of hydrogen-bond donors (Lipinski definition) is 1. The van der Waals surface area contributed by atoms with Crippen LogP contribution in [0.25, 0.3) is 0 Å². The maximum absolute atomic E-state index is 11.2. The van der Waals surface area contributed by atoms with Crippen molar-refractivity contribution in [1.29, 1.82) is 0 Å². The van der Waals surface area contributed by atoms with Gasteiger partial charge in [-0.25, -0.2) is 0 Å². The van der Waals surface area contributed by atoms with E-state index in [0.717, 1.165) is 6.08 Å². The number of nitrogens with zero attached hydrogens (tertiary/aromatic N) is 2. The molecule has 0 aromatic heterocycles. The van der Waals surface area contributed by atoms with Crippen LogP contribution >= 0.6 is 0 Å². The Morgan fingerprint density at radius 1 is 1.25 bits per heavy atom. The topological polar surface area (TPSA) is 84.9 Å². The van der Waals surface area contributed by atoms with Gasteiger partial charge in [0.05, 0.1) is 5.70 Å². The molecule has 0 aromatic carbocycles. The minimum atomic E-state index is -0.397. The van der Waals surface area contributed by atoms with Crippen LogP contribution in [-0.4, -0.2) is 29.7 Å². The average Bonchev–Trinajstić information content (AvgIpc) is 2.48. The van der Waals surface area contributed by atoms with Crippen LogP contribution in [0.4, 0.5) is 0 Å². The predicted octanol–water partition coefficient (Wildman–Crippen LogP) is -1.17. The highest BCUT2D eigenvalue weighted by Crippen LogP contribution is 2.08. The molecule has 0 atom stereocenters. The quantitative estimate of drug-likeness (QED) is 0.488. The second-order valence-corrected chi connectivity index (χ2v) is 2.45. The molecule has 0 saturated heterocycles. The van der Waals surface area contributed by atoms with Gasteiger partial charge < -0.3 is 5.73 Å². The van der Waals surface area contributed by atoms with E-state index in [1.165, 1.54) is 0 Å². The van der Waals surface area contributed by atoms with Crippen LogP contribution in [0.15, 0.2) is 21.8 Å². The zero-order valence-corrected chi connectivity index (χ0v) is 6.07. The van der Waals surface area contributed by atoms with Crippen LogP contribution in [0.2, 0.25) is 0 Å². The number of allylic oxidation sites excluding steroid dienone is 2. The molecule has 2 rings (SSSR count). The number of ketones is 2. The molecule has 0 radical (unpaired) electrons. The lowest BCUT2D eigenvalue weighted by molar-refractivity contribution is -0.112. The Morgan fingerprint density at radius 2 is 1.92 bits per heavy atom. The van der Waals surface area contributed by atoms with E-state index >= 15 is 0 Å². The van der Waals surface area contributed by atoms with Crippen LogP contribution < -0.4 is 5.73 Å². The molecular formula is C7H5N3O2. The van der Waals surface area contributed by atoms with E-state index in [2.05, 4.69) is 9.98 Å². The van der Waals surface area contributed by atoms with E-state index in [9.17, 15) is 9.59 Å². The molecule has 0 spiro atoms. The van der Waals surface area contributed by atoms with E-state index in [1.54, 1.807) is 0 Å². The zero-order chi connectivity index (χ0) is 8.72. The van der Waals surface area contributed by atoms with Crippen molar-refractivity contribution < 1.29 is 9.59 Å². The molecule has 2 aliphatic rings. The summed E-state index contributed by atoms with van der Waals surface area (Å²) in [5.41, 5.74) is 5.48. The molecule has 1 aliphatic carbocycles. The SMILES string of the molecule is NC1=CC(=O)C2=NCN=C2C1=O. The highest BCUT2D eigenvalue weighted by Gasteiger charge is 2.32. The summed E-state index contributed by atoms with van der Waals surface area (Å²) >= 11 is 0. The van der Waals surface area contributed by atoms with Gasteiger partial charge in [0.25, 0.3) is 0 Å². The Kier molecular flexibility index (Phi) is 1.21. The predicted molar refractivity (Wildman–Crippen MR) is 42.0 cm³/mol. The Labute approximate surface area is 67.7 Å². The fourth-order valence-electron chi connectivity index (χ4n) is 1.11. The third-order valence-corrected chi connectivity index (χ3v) is 1.68. The summed E-state index contributed by atoms with van der Waals surface area (Å²) < 4.78 is 0. The second kappa shape index (κ2) is 2.10. The molecule has 0 saturated carbocycles.